The minimum Gasteiger partial charge on any atom is -0.497 e. The van der Waals surface area contributed by atoms with Crippen molar-refractivity contribution in [3.63, 3.8) is 0 Å². The number of ether oxygens (including phenoxy) is 2. The molecular formula is C13H13BrO2S. The van der Waals surface area contributed by atoms with E-state index in [2.05, 4.69) is 15.9 Å². The average Bonchev–Trinajstić information content (AvgIpc) is 2.76. The molecule has 4 heteroatoms. The zero-order valence-corrected chi connectivity index (χ0v) is 11.9. The normalized spacial score (nSPS) is 10.5. The van der Waals surface area contributed by atoms with Gasteiger partial charge in [0.2, 0.25) is 0 Å². The summed E-state index contributed by atoms with van der Waals surface area (Å²) in [5.41, 5.74) is 1.12. The minimum absolute atomic E-state index is 0.599. The number of thiophene rings is 1. The molecule has 1 aromatic carbocycles. The fraction of sp³-hybridized carbons (Fsp3) is 0.231. The van der Waals surface area contributed by atoms with Crippen LogP contribution in [-0.2, 0) is 18.0 Å². The smallest absolute Gasteiger partial charge is 0.119 e. The van der Waals surface area contributed by atoms with E-state index >= 15 is 0 Å². The Kier molecular flexibility index (Phi) is 4.59. The molecule has 1 aromatic heterocycles. The molecule has 0 bridgehead atoms. The van der Waals surface area contributed by atoms with Gasteiger partial charge >= 0.3 is 0 Å². The van der Waals surface area contributed by atoms with Crippen LogP contribution in [0, 0.1) is 0 Å². The predicted molar refractivity (Wildman–Crippen MR) is 73.5 cm³/mol. The molecule has 17 heavy (non-hydrogen) atoms. The van der Waals surface area contributed by atoms with Crippen LogP contribution in [0.5, 0.6) is 5.75 Å². The minimum atomic E-state index is 0.599. The number of methoxy groups -OCH3 is 1. The van der Waals surface area contributed by atoms with Gasteiger partial charge in [0.15, 0.2) is 0 Å². The highest BCUT2D eigenvalue weighted by Crippen LogP contribution is 2.23. The van der Waals surface area contributed by atoms with Crippen molar-refractivity contribution >= 4 is 27.3 Å². The number of rotatable bonds is 5. The van der Waals surface area contributed by atoms with Gasteiger partial charge in [0.25, 0.3) is 0 Å². The standard InChI is InChI=1S/C13H13BrO2S/c1-15-11-4-2-3-10(7-11)8-16-9-13-12(14)5-6-17-13/h2-7H,8-9H2,1H3. The first kappa shape index (κ1) is 12.6. The maximum atomic E-state index is 5.67. The summed E-state index contributed by atoms with van der Waals surface area (Å²) in [6, 6.07) is 9.96. The van der Waals surface area contributed by atoms with Gasteiger partial charge in [-0.2, -0.15) is 0 Å². The first-order valence-electron chi connectivity index (χ1n) is 5.22. The Morgan fingerprint density at radius 2 is 2.12 bits per heavy atom. The van der Waals surface area contributed by atoms with Crippen LogP contribution in [-0.4, -0.2) is 7.11 Å². The summed E-state index contributed by atoms with van der Waals surface area (Å²) in [5, 5.41) is 2.05. The monoisotopic (exact) mass is 312 g/mol. The Labute approximate surface area is 113 Å². The second-order valence-corrected chi connectivity index (χ2v) is 5.39. The molecule has 90 valence electrons. The molecule has 0 N–H and O–H groups in total. The fourth-order valence-electron chi connectivity index (χ4n) is 1.45. The highest BCUT2D eigenvalue weighted by Gasteiger charge is 2.02. The van der Waals surface area contributed by atoms with E-state index in [1.807, 2.05) is 35.7 Å². The van der Waals surface area contributed by atoms with Gasteiger partial charge < -0.3 is 9.47 Å². The van der Waals surface area contributed by atoms with Gasteiger partial charge in [0, 0.05) is 9.35 Å². The van der Waals surface area contributed by atoms with Crippen molar-refractivity contribution in [3.05, 3.63) is 50.6 Å². The lowest BCUT2D eigenvalue weighted by atomic mass is 10.2. The number of hydrogen-bond donors (Lipinski definition) is 0. The van der Waals surface area contributed by atoms with Crippen LogP contribution in [0.2, 0.25) is 0 Å². The predicted octanol–water partition coefficient (Wildman–Crippen LogP) is 4.24. The molecule has 0 unspecified atom stereocenters. The molecular weight excluding hydrogens is 300 g/mol. The molecule has 0 aliphatic carbocycles. The van der Waals surface area contributed by atoms with Crippen LogP contribution in [0.3, 0.4) is 0 Å². The van der Waals surface area contributed by atoms with Gasteiger partial charge in [-0.3, -0.25) is 0 Å². The average molecular weight is 313 g/mol. The van der Waals surface area contributed by atoms with E-state index in [1.54, 1.807) is 18.4 Å². The van der Waals surface area contributed by atoms with Crippen molar-refractivity contribution in [3.8, 4) is 5.75 Å². The molecule has 2 nitrogen and oxygen atoms in total. The summed E-state index contributed by atoms with van der Waals surface area (Å²) in [6.45, 7) is 1.23. The third-order valence-corrected chi connectivity index (χ3v) is 4.23. The second kappa shape index (κ2) is 6.19. The van der Waals surface area contributed by atoms with E-state index in [0.717, 1.165) is 15.8 Å². The summed E-state index contributed by atoms with van der Waals surface area (Å²) in [6.07, 6.45) is 0. The van der Waals surface area contributed by atoms with Crippen molar-refractivity contribution < 1.29 is 9.47 Å². The fourth-order valence-corrected chi connectivity index (χ4v) is 2.85. The zero-order valence-electron chi connectivity index (χ0n) is 9.48. The van der Waals surface area contributed by atoms with Gasteiger partial charge in [0.05, 0.1) is 20.3 Å². The molecule has 0 spiro atoms. The van der Waals surface area contributed by atoms with E-state index in [4.69, 9.17) is 9.47 Å². The van der Waals surface area contributed by atoms with E-state index in [1.165, 1.54) is 4.88 Å². The molecule has 0 aliphatic heterocycles. The van der Waals surface area contributed by atoms with Crippen molar-refractivity contribution in [1.29, 1.82) is 0 Å². The van der Waals surface area contributed by atoms with Crippen LogP contribution in [0.1, 0.15) is 10.4 Å². The van der Waals surface area contributed by atoms with E-state index in [0.29, 0.717) is 13.2 Å². The van der Waals surface area contributed by atoms with Gasteiger partial charge in [-0.1, -0.05) is 12.1 Å². The van der Waals surface area contributed by atoms with Crippen molar-refractivity contribution in [2.75, 3.05) is 7.11 Å². The Hall–Kier alpha value is -0.840. The summed E-state index contributed by atoms with van der Waals surface area (Å²) >= 11 is 5.18. The van der Waals surface area contributed by atoms with Crippen LogP contribution in [0.25, 0.3) is 0 Å². The van der Waals surface area contributed by atoms with Gasteiger partial charge in [-0.25, -0.2) is 0 Å². The van der Waals surface area contributed by atoms with Gasteiger partial charge in [0.1, 0.15) is 5.75 Å². The van der Waals surface area contributed by atoms with E-state index in [9.17, 15) is 0 Å². The Bertz CT molecular complexity index is 482. The Morgan fingerprint density at radius 1 is 1.24 bits per heavy atom. The molecule has 0 aliphatic rings. The highest BCUT2D eigenvalue weighted by molar-refractivity contribution is 9.10. The summed E-state index contributed by atoms with van der Waals surface area (Å²) < 4.78 is 12.0. The second-order valence-electron chi connectivity index (χ2n) is 3.54. The summed E-state index contributed by atoms with van der Waals surface area (Å²) in [4.78, 5) is 1.22. The third-order valence-electron chi connectivity index (χ3n) is 2.33. The molecule has 0 amide bonds. The molecule has 2 rings (SSSR count). The first-order chi connectivity index (χ1) is 8.29. The molecule has 0 saturated heterocycles. The van der Waals surface area contributed by atoms with Gasteiger partial charge in [-0.15, -0.1) is 11.3 Å². The quantitative estimate of drug-likeness (QED) is 0.822. The number of benzene rings is 1. The number of hydrogen-bond acceptors (Lipinski definition) is 3. The molecule has 0 atom stereocenters. The van der Waals surface area contributed by atoms with E-state index in [-0.39, 0.29) is 0 Å². The molecule has 0 fully saturated rings. The Balaban J connectivity index is 1.87. The van der Waals surface area contributed by atoms with E-state index < -0.39 is 0 Å². The zero-order chi connectivity index (χ0) is 12.1. The number of halogens is 1. The lowest BCUT2D eigenvalue weighted by molar-refractivity contribution is 0.108. The molecule has 0 saturated carbocycles. The summed E-state index contributed by atoms with van der Waals surface area (Å²) in [5.74, 6) is 0.864. The van der Waals surface area contributed by atoms with Crippen LogP contribution < -0.4 is 4.74 Å². The topological polar surface area (TPSA) is 18.5 Å². The lowest BCUT2D eigenvalue weighted by Gasteiger charge is -2.05. The largest absolute Gasteiger partial charge is 0.497 e. The Morgan fingerprint density at radius 3 is 2.82 bits per heavy atom. The highest BCUT2D eigenvalue weighted by atomic mass is 79.9. The van der Waals surface area contributed by atoms with Crippen molar-refractivity contribution in [2.24, 2.45) is 0 Å². The maximum absolute atomic E-state index is 5.67. The summed E-state index contributed by atoms with van der Waals surface area (Å²) in [7, 11) is 1.67. The third kappa shape index (κ3) is 3.56. The molecule has 0 radical (unpaired) electrons. The molecule has 2 aromatic rings. The maximum Gasteiger partial charge on any atom is 0.119 e. The molecule has 1 heterocycles. The van der Waals surface area contributed by atoms with Crippen LogP contribution >= 0.6 is 27.3 Å². The van der Waals surface area contributed by atoms with Crippen molar-refractivity contribution in [1.82, 2.24) is 0 Å². The SMILES string of the molecule is COc1cccc(COCc2sccc2Br)c1. The van der Waals surface area contributed by atoms with Crippen LogP contribution in [0.15, 0.2) is 40.2 Å². The lowest BCUT2D eigenvalue weighted by Crippen LogP contribution is -1.93. The van der Waals surface area contributed by atoms with Crippen LogP contribution in [0.4, 0.5) is 0 Å². The van der Waals surface area contributed by atoms with Gasteiger partial charge in [-0.05, 0) is 45.1 Å². The van der Waals surface area contributed by atoms with Crippen molar-refractivity contribution in [2.45, 2.75) is 13.2 Å². The first-order valence-corrected chi connectivity index (χ1v) is 6.89.